The molecule has 2 heterocycles. The number of benzene rings is 2. The van der Waals surface area contributed by atoms with Crippen molar-refractivity contribution in [1.29, 1.82) is 0 Å². The SMILES string of the molecule is O=C(NN1C(=O)c2ccccc2N[C@@H]1c1cccnc1)c1ccc(Br)cc1. The number of pyridine rings is 1. The predicted molar refractivity (Wildman–Crippen MR) is 105 cm³/mol. The Bertz CT molecular complexity index is 992. The van der Waals surface area contributed by atoms with E-state index in [1.165, 1.54) is 5.01 Å². The molecule has 0 unspecified atom stereocenters. The molecule has 1 aliphatic rings. The number of amides is 2. The van der Waals surface area contributed by atoms with Gasteiger partial charge >= 0.3 is 0 Å². The smallest absolute Gasteiger partial charge is 0.276 e. The lowest BCUT2D eigenvalue weighted by Gasteiger charge is -2.37. The zero-order chi connectivity index (χ0) is 18.8. The molecule has 2 aromatic carbocycles. The van der Waals surface area contributed by atoms with Crippen molar-refractivity contribution >= 4 is 33.4 Å². The van der Waals surface area contributed by atoms with Crippen LogP contribution in [-0.2, 0) is 0 Å². The Balaban J connectivity index is 1.69. The molecule has 0 saturated carbocycles. The van der Waals surface area contributed by atoms with Gasteiger partial charge < -0.3 is 5.32 Å². The molecule has 0 saturated heterocycles. The van der Waals surface area contributed by atoms with Crippen LogP contribution in [-0.4, -0.2) is 21.8 Å². The maximum Gasteiger partial charge on any atom is 0.276 e. The van der Waals surface area contributed by atoms with E-state index in [4.69, 9.17) is 0 Å². The number of fused-ring (bicyclic) bond motifs is 1. The molecule has 0 aliphatic carbocycles. The fourth-order valence-corrected chi connectivity index (χ4v) is 3.18. The molecular formula is C20H15BrN4O2. The van der Waals surface area contributed by atoms with E-state index in [0.29, 0.717) is 16.8 Å². The number of hydrogen-bond acceptors (Lipinski definition) is 4. The van der Waals surface area contributed by atoms with E-state index in [1.54, 1.807) is 54.9 Å². The third-order valence-corrected chi connectivity index (χ3v) is 4.78. The van der Waals surface area contributed by atoms with Crippen molar-refractivity contribution in [2.75, 3.05) is 5.32 Å². The highest BCUT2D eigenvalue weighted by Crippen LogP contribution is 2.31. The van der Waals surface area contributed by atoms with Gasteiger partial charge in [-0.25, -0.2) is 5.01 Å². The number of carbonyl (C=O) groups excluding carboxylic acids is 2. The monoisotopic (exact) mass is 422 g/mol. The van der Waals surface area contributed by atoms with Gasteiger partial charge in [0, 0.05) is 33.7 Å². The highest BCUT2D eigenvalue weighted by atomic mass is 79.9. The third-order valence-electron chi connectivity index (χ3n) is 4.26. The lowest BCUT2D eigenvalue weighted by molar-refractivity contribution is 0.0490. The highest BCUT2D eigenvalue weighted by Gasteiger charge is 2.34. The minimum absolute atomic E-state index is 0.288. The minimum Gasteiger partial charge on any atom is -0.359 e. The average molecular weight is 423 g/mol. The highest BCUT2D eigenvalue weighted by molar-refractivity contribution is 9.10. The summed E-state index contributed by atoms with van der Waals surface area (Å²) in [5.74, 6) is -0.658. The minimum atomic E-state index is -0.569. The van der Waals surface area contributed by atoms with Crippen LogP contribution in [0.25, 0.3) is 0 Å². The zero-order valence-electron chi connectivity index (χ0n) is 14.1. The molecule has 1 aromatic heterocycles. The first-order valence-corrected chi connectivity index (χ1v) is 9.08. The Labute approximate surface area is 164 Å². The lowest BCUT2D eigenvalue weighted by Crippen LogP contribution is -2.52. The number of nitrogens with one attached hydrogen (secondary N) is 2. The number of nitrogens with zero attached hydrogens (tertiary/aromatic N) is 2. The number of carbonyl (C=O) groups is 2. The van der Waals surface area contributed by atoms with Crippen molar-refractivity contribution in [3.8, 4) is 0 Å². The number of halogens is 1. The average Bonchev–Trinajstić information content (AvgIpc) is 2.71. The summed E-state index contributed by atoms with van der Waals surface area (Å²) in [6.07, 6.45) is 2.75. The van der Waals surface area contributed by atoms with Gasteiger partial charge in [-0.3, -0.25) is 20.0 Å². The summed E-state index contributed by atoms with van der Waals surface area (Å²) in [6.45, 7) is 0. The van der Waals surface area contributed by atoms with Crippen molar-refractivity contribution in [1.82, 2.24) is 15.4 Å². The van der Waals surface area contributed by atoms with Gasteiger partial charge in [-0.15, -0.1) is 0 Å². The number of anilines is 1. The zero-order valence-corrected chi connectivity index (χ0v) is 15.7. The van der Waals surface area contributed by atoms with Crippen LogP contribution >= 0.6 is 15.9 Å². The summed E-state index contributed by atoms with van der Waals surface area (Å²) in [6, 6.07) is 17.8. The lowest BCUT2D eigenvalue weighted by atomic mass is 10.1. The van der Waals surface area contributed by atoms with Gasteiger partial charge in [0.25, 0.3) is 11.8 Å². The van der Waals surface area contributed by atoms with Gasteiger partial charge in [-0.05, 0) is 42.5 Å². The van der Waals surface area contributed by atoms with Gasteiger partial charge in [0.05, 0.1) is 5.56 Å². The molecular weight excluding hydrogens is 408 g/mol. The van der Waals surface area contributed by atoms with E-state index >= 15 is 0 Å². The molecule has 2 N–H and O–H groups in total. The van der Waals surface area contributed by atoms with Crippen LogP contribution in [0, 0.1) is 0 Å². The first-order chi connectivity index (χ1) is 13.1. The maximum atomic E-state index is 13.1. The first-order valence-electron chi connectivity index (χ1n) is 8.29. The molecule has 0 bridgehead atoms. The second-order valence-electron chi connectivity index (χ2n) is 6.00. The maximum absolute atomic E-state index is 13.1. The first kappa shape index (κ1) is 17.2. The molecule has 1 aliphatic heterocycles. The summed E-state index contributed by atoms with van der Waals surface area (Å²) in [5, 5.41) is 4.61. The van der Waals surface area contributed by atoms with Crippen LogP contribution < -0.4 is 10.7 Å². The van der Waals surface area contributed by atoms with E-state index in [1.807, 2.05) is 18.2 Å². The molecule has 7 heteroatoms. The fraction of sp³-hybridized carbons (Fsp3) is 0.0500. The normalized spacial score (nSPS) is 15.7. The molecule has 4 rings (SSSR count). The molecule has 6 nitrogen and oxygen atoms in total. The number of hydrazine groups is 1. The van der Waals surface area contributed by atoms with E-state index in [9.17, 15) is 9.59 Å². The molecule has 134 valence electrons. The van der Waals surface area contributed by atoms with Crippen molar-refractivity contribution in [2.45, 2.75) is 6.17 Å². The van der Waals surface area contributed by atoms with Crippen molar-refractivity contribution < 1.29 is 9.59 Å². The Hall–Kier alpha value is -3.19. The molecule has 3 aromatic rings. The predicted octanol–water partition coefficient (Wildman–Crippen LogP) is 3.76. The van der Waals surface area contributed by atoms with Crippen LogP contribution in [0.4, 0.5) is 5.69 Å². The van der Waals surface area contributed by atoms with Crippen molar-refractivity contribution in [2.24, 2.45) is 0 Å². The number of para-hydroxylation sites is 1. The standard InChI is InChI=1S/C20H15BrN4O2/c21-15-9-7-13(8-10-15)19(26)24-25-18(14-4-3-11-22-12-14)23-17-6-2-1-5-16(17)20(25)27/h1-12,18,23H,(H,24,26)/t18-/m0/s1. The summed E-state index contributed by atoms with van der Waals surface area (Å²) in [5.41, 5.74) is 5.15. The van der Waals surface area contributed by atoms with Gasteiger partial charge in [-0.2, -0.15) is 0 Å². The second-order valence-corrected chi connectivity index (χ2v) is 6.92. The quantitative estimate of drug-likeness (QED) is 0.673. The number of hydrogen-bond donors (Lipinski definition) is 2. The van der Waals surface area contributed by atoms with Crippen LogP contribution in [0.1, 0.15) is 32.4 Å². The summed E-state index contributed by atoms with van der Waals surface area (Å²) in [7, 11) is 0. The Morgan fingerprint density at radius 1 is 1.07 bits per heavy atom. The number of rotatable bonds is 3. The van der Waals surface area contributed by atoms with Crippen LogP contribution in [0.15, 0.2) is 77.5 Å². The Morgan fingerprint density at radius 3 is 2.59 bits per heavy atom. The van der Waals surface area contributed by atoms with Crippen molar-refractivity contribution in [3.63, 3.8) is 0 Å². The Morgan fingerprint density at radius 2 is 1.85 bits per heavy atom. The van der Waals surface area contributed by atoms with Gasteiger partial charge in [0.1, 0.15) is 6.17 Å². The van der Waals surface area contributed by atoms with E-state index in [2.05, 4.69) is 31.7 Å². The van der Waals surface area contributed by atoms with Gasteiger partial charge in [0.2, 0.25) is 0 Å². The molecule has 2 amide bonds. The molecule has 0 radical (unpaired) electrons. The topological polar surface area (TPSA) is 74.3 Å². The second kappa shape index (κ2) is 7.20. The van der Waals surface area contributed by atoms with Crippen LogP contribution in [0.3, 0.4) is 0 Å². The summed E-state index contributed by atoms with van der Waals surface area (Å²) >= 11 is 3.35. The summed E-state index contributed by atoms with van der Waals surface area (Å²) < 4.78 is 0.872. The fourth-order valence-electron chi connectivity index (χ4n) is 2.91. The van der Waals surface area contributed by atoms with E-state index < -0.39 is 6.17 Å². The van der Waals surface area contributed by atoms with E-state index in [0.717, 1.165) is 10.0 Å². The molecule has 0 fully saturated rings. The molecule has 0 spiro atoms. The van der Waals surface area contributed by atoms with Gasteiger partial charge in [0.15, 0.2) is 0 Å². The van der Waals surface area contributed by atoms with Crippen LogP contribution in [0.5, 0.6) is 0 Å². The largest absolute Gasteiger partial charge is 0.359 e. The van der Waals surface area contributed by atoms with Crippen LogP contribution in [0.2, 0.25) is 0 Å². The Kier molecular flexibility index (Phi) is 4.60. The number of aromatic nitrogens is 1. The molecule has 27 heavy (non-hydrogen) atoms. The molecule has 1 atom stereocenters. The van der Waals surface area contributed by atoms with Crippen molar-refractivity contribution in [3.05, 3.63) is 94.2 Å². The van der Waals surface area contributed by atoms with E-state index in [-0.39, 0.29) is 11.8 Å². The van der Waals surface area contributed by atoms with Gasteiger partial charge in [-0.1, -0.05) is 34.1 Å². The third kappa shape index (κ3) is 3.41. The summed E-state index contributed by atoms with van der Waals surface area (Å²) in [4.78, 5) is 29.9.